The molecule has 2 rings (SSSR count). The van der Waals surface area contributed by atoms with Gasteiger partial charge in [0.25, 0.3) is 5.91 Å². The summed E-state index contributed by atoms with van der Waals surface area (Å²) in [5.74, 6) is -0.833. The Hall–Kier alpha value is -3.26. The molecule has 2 unspecified atom stereocenters. The lowest BCUT2D eigenvalue weighted by atomic mass is 10.0. The number of carbonyl (C=O) groups excluding carboxylic acids is 2. The maximum atomic E-state index is 12.6. The Kier molecular flexibility index (Phi) is 7.45. The zero-order chi connectivity index (χ0) is 19.6. The highest BCUT2D eigenvalue weighted by Gasteiger charge is 2.30. The van der Waals surface area contributed by atoms with Crippen LogP contribution in [0, 0.1) is 0 Å². The van der Waals surface area contributed by atoms with E-state index in [1.54, 1.807) is 13.0 Å². The van der Waals surface area contributed by atoms with E-state index in [2.05, 4.69) is 25.4 Å². The van der Waals surface area contributed by atoms with Crippen LogP contribution in [0.1, 0.15) is 35.7 Å². The zero-order valence-corrected chi connectivity index (χ0v) is 14.7. The molecule has 1 fully saturated rings. The normalized spacial score (nSPS) is 18.6. The van der Waals surface area contributed by atoms with Gasteiger partial charge in [-0.25, -0.2) is 4.79 Å². The predicted molar refractivity (Wildman–Crippen MR) is 95.0 cm³/mol. The van der Waals surface area contributed by atoms with Crippen LogP contribution >= 0.6 is 0 Å². The summed E-state index contributed by atoms with van der Waals surface area (Å²) in [6.07, 6.45) is 0.161. The lowest BCUT2D eigenvalue weighted by Gasteiger charge is -2.28. The molecule has 1 aromatic carbocycles. The molecular weight excluding hydrogens is 354 g/mol. The monoisotopic (exact) mass is 373 g/mol. The van der Waals surface area contributed by atoms with E-state index in [1.807, 2.05) is 0 Å². The molecule has 2 atom stereocenters. The van der Waals surface area contributed by atoms with Gasteiger partial charge < -0.3 is 14.8 Å². The molecule has 11 heteroatoms. The molecule has 0 bridgehead atoms. The Morgan fingerprint density at radius 1 is 1.33 bits per heavy atom. The van der Waals surface area contributed by atoms with Crippen molar-refractivity contribution >= 4 is 17.6 Å². The Morgan fingerprint density at radius 3 is 2.85 bits per heavy atom. The van der Waals surface area contributed by atoms with Crippen molar-refractivity contribution in [2.75, 3.05) is 13.2 Å². The van der Waals surface area contributed by atoms with Crippen LogP contribution in [0.2, 0.25) is 0 Å². The van der Waals surface area contributed by atoms with Crippen molar-refractivity contribution in [2.24, 2.45) is 10.2 Å². The maximum absolute atomic E-state index is 12.6. The summed E-state index contributed by atoms with van der Waals surface area (Å²) < 4.78 is 10.3. The largest absolute Gasteiger partial charge is 0.464 e. The number of hydrogen-bond acceptors (Lipinski definition) is 6. The first-order valence-corrected chi connectivity index (χ1v) is 8.36. The van der Waals surface area contributed by atoms with E-state index < -0.39 is 12.1 Å². The molecule has 1 aliphatic heterocycles. The second-order valence-electron chi connectivity index (χ2n) is 5.77. The van der Waals surface area contributed by atoms with Crippen LogP contribution < -0.4 is 5.32 Å². The molecule has 1 heterocycles. The van der Waals surface area contributed by atoms with E-state index in [4.69, 9.17) is 20.5 Å². The summed E-state index contributed by atoms with van der Waals surface area (Å²) in [6.45, 7) is 2.32. The van der Waals surface area contributed by atoms with Crippen molar-refractivity contribution in [1.29, 1.82) is 0 Å². The van der Waals surface area contributed by atoms with E-state index in [0.29, 0.717) is 25.0 Å². The minimum Gasteiger partial charge on any atom is -0.464 e. The van der Waals surface area contributed by atoms with Gasteiger partial charge in [-0.3, -0.25) is 4.79 Å². The highest BCUT2D eigenvalue weighted by Crippen LogP contribution is 2.21. The average Bonchev–Trinajstić information content (AvgIpc) is 2.67. The maximum Gasteiger partial charge on any atom is 0.335 e. The third-order valence-corrected chi connectivity index (χ3v) is 3.89. The smallest absolute Gasteiger partial charge is 0.335 e. The van der Waals surface area contributed by atoms with Crippen molar-refractivity contribution in [2.45, 2.75) is 38.5 Å². The third kappa shape index (κ3) is 5.89. The Bertz CT molecular complexity index is 800. The molecule has 1 saturated heterocycles. The second kappa shape index (κ2) is 10.0. The number of nitrogens with one attached hydrogen (secondary N) is 1. The van der Waals surface area contributed by atoms with Gasteiger partial charge >= 0.3 is 5.97 Å². The lowest BCUT2D eigenvalue weighted by molar-refractivity contribution is -0.160. The Morgan fingerprint density at radius 2 is 2.15 bits per heavy atom. The summed E-state index contributed by atoms with van der Waals surface area (Å²) >= 11 is 0. The van der Waals surface area contributed by atoms with Crippen LogP contribution in [0.5, 0.6) is 0 Å². The minimum absolute atomic E-state index is 0.0216. The summed E-state index contributed by atoms with van der Waals surface area (Å²) in [4.78, 5) is 29.8. The van der Waals surface area contributed by atoms with Gasteiger partial charge in [-0.1, -0.05) is 10.2 Å². The van der Waals surface area contributed by atoms with E-state index in [1.165, 1.54) is 12.1 Å². The molecule has 0 saturated carbocycles. The van der Waals surface area contributed by atoms with Crippen LogP contribution in [-0.2, 0) is 20.8 Å². The molecule has 0 aliphatic carbocycles. The number of ether oxygens (including phenoxy) is 2. The fraction of sp³-hybridized carbons (Fsp3) is 0.500. The van der Waals surface area contributed by atoms with Crippen molar-refractivity contribution in [1.82, 2.24) is 5.32 Å². The number of rotatable bonds is 7. The molecule has 1 N–H and O–H groups in total. The molecule has 1 amide bonds. The van der Waals surface area contributed by atoms with Gasteiger partial charge in [0.2, 0.25) is 0 Å². The van der Waals surface area contributed by atoms with Gasteiger partial charge in [0.1, 0.15) is 0 Å². The first kappa shape index (κ1) is 20.1. The van der Waals surface area contributed by atoms with Crippen molar-refractivity contribution in [3.63, 3.8) is 0 Å². The highest BCUT2D eigenvalue weighted by molar-refractivity contribution is 5.95. The summed E-state index contributed by atoms with van der Waals surface area (Å²) in [5.41, 5.74) is 18.1. The van der Waals surface area contributed by atoms with Crippen molar-refractivity contribution < 1.29 is 19.1 Å². The topological polar surface area (TPSA) is 162 Å². The summed E-state index contributed by atoms with van der Waals surface area (Å²) in [7, 11) is 0. The van der Waals surface area contributed by atoms with Crippen LogP contribution in [0.4, 0.5) is 5.69 Å². The molecule has 27 heavy (non-hydrogen) atoms. The molecule has 0 radical (unpaired) electrons. The average molecular weight is 373 g/mol. The SMILES string of the molecule is CCOC(=O)C1CC(NC(=O)c2cc(CN=[N+]=[N-])cc(N=[N+]=[N-])c2)CCO1. The first-order valence-electron chi connectivity index (χ1n) is 8.36. The number of nitrogens with zero attached hydrogens (tertiary/aromatic N) is 6. The highest BCUT2D eigenvalue weighted by atomic mass is 16.6. The van der Waals surface area contributed by atoms with Gasteiger partial charge in [0, 0.05) is 40.1 Å². The molecule has 0 spiro atoms. The fourth-order valence-corrected chi connectivity index (χ4v) is 2.72. The Balaban J connectivity index is 2.12. The quantitative estimate of drug-likeness (QED) is 0.336. The number of azide groups is 2. The molecule has 1 aromatic rings. The summed E-state index contributed by atoms with van der Waals surface area (Å²) in [5, 5.41) is 9.81. The summed E-state index contributed by atoms with van der Waals surface area (Å²) in [6, 6.07) is 4.28. The van der Waals surface area contributed by atoms with Gasteiger partial charge in [-0.15, -0.1) is 0 Å². The lowest BCUT2D eigenvalue weighted by Crippen LogP contribution is -2.44. The molecule has 1 aliphatic rings. The second-order valence-corrected chi connectivity index (χ2v) is 5.77. The first-order chi connectivity index (χ1) is 13.1. The number of carbonyl (C=O) groups is 2. The van der Waals surface area contributed by atoms with E-state index in [9.17, 15) is 9.59 Å². The van der Waals surface area contributed by atoms with Crippen LogP contribution in [0.25, 0.3) is 20.9 Å². The van der Waals surface area contributed by atoms with Gasteiger partial charge in [-0.05, 0) is 48.2 Å². The number of benzene rings is 1. The van der Waals surface area contributed by atoms with E-state index >= 15 is 0 Å². The van der Waals surface area contributed by atoms with E-state index in [-0.39, 0.29) is 36.4 Å². The van der Waals surface area contributed by atoms with Crippen molar-refractivity contribution in [3.8, 4) is 0 Å². The van der Waals surface area contributed by atoms with Crippen molar-refractivity contribution in [3.05, 3.63) is 50.2 Å². The van der Waals surface area contributed by atoms with Gasteiger partial charge in [0.05, 0.1) is 13.2 Å². The zero-order valence-electron chi connectivity index (χ0n) is 14.7. The van der Waals surface area contributed by atoms with Crippen LogP contribution in [-0.4, -0.2) is 37.2 Å². The minimum atomic E-state index is -0.709. The number of esters is 1. The van der Waals surface area contributed by atoms with Gasteiger partial charge in [-0.2, -0.15) is 0 Å². The van der Waals surface area contributed by atoms with Gasteiger partial charge in [0.15, 0.2) is 6.10 Å². The Labute approximate surface area is 154 Å². The third-order valence-electron chi connectivity index (χ3n) is 3.89. The molecule has 0 aromatic heterocycles. The predicted octanol–water partition coefficient (Wildman–Crippen LogP) is 3.28. The standard InChI is InChI=1S/C16H19N7O4/c1-2-26-16(25)14-8-12(3-4-27-14)20-15(24)11-5-10(9-19-22-17)6-13(7-11)21-23-18/h5-7,12,14H,2-4,8-9H2,1H3,(H,20,24). The molecule has 11 nitrogen and oxygen atoms in total. The van der Waals surface area contributed by atoms with Crippen LogP contribution in [0.15, 0.2) is 28.4 Å². The molecular formula is C16H19N7O4. The molecule has 142 valence electrons. The van der Waals surface area contributed by atoms with E-state index in [0.717, 1.165) is 0 Å². The fourth-order valence-electron chi connectivity index (χ4n) is 2.72. The number of hydrogen-bond donors (Lipinski definition) is 1. The number of amides is 1. The van der Waals surface area contributed by atoms with Crippen LogP contribution in [0.3, 0.4) is 0 Å².